The minimum atomic E-state index is -0.534. The van der Waals surface area contributed by atoms with Crippen molar-refractivity contribution in [2.24, 2.45) is 0 Å². The van der Waals surface area contributed by atoms with Gasteiger partial charge in [0.2, 0.25) is 0 Å². The van der Waals surface area contributed by atoms with Crippen LogP contribution in [0.5, 0.6) is 0 Å². The van der Waals surface area contributed by atoms with Gasteiger partial charge in [-0.1, -0.05) is 18.6 Å². The molecule has 2 nitrogen and oxygen atoms in total. The lowest BCUT2D eigenvalue weighted by molar-refractivity contribution is 0.0366. The fourth-order valence-corrected chi connectivity index (χ4v) is 2.49. The van der Waals surface area contributed by atoms with Crippen LogP contribution < -0.4 is 0 Å². The predicted molar refractivity (Wildman–Crippen MR) is 70.8 cm³/mol. The van der Waals surface area contributed by atoms with E-state index in [2.05, 4.69) is 18.7 Å². The maximum atomic E-state index is 12.8. The molecule has 0 aromatic heterocycles. The highest BCUT2D eigenvalue weighted by molar-refractivity contribution is 5.18. The molecule has 2 rings (SSSR count). The molecule has 0 amide bonds. The molecule has 1 atom stereocenters. The summed E-state index contributed by atoms with van der Waals surface area (Å²) in [6.07, 6.45) is 3.22. The normalized spacial score (nSPS) is 18.1. The monoisotopic (exact) mass is 251 g/mol. The van der Waals surface area contributed by atoms with Crippen LogP contribution in [0.4, 0.5) is 4.39 Å². The van der Waals surface area contributed by atoms with E-state index in [1.807, 2.05) is 0 Å². The zero-order chi connectivity index (χ0) is 13.1. The molecule has 0 radical (unpaired) electrons. The van der Waals surface area contributed by atoms with Crippen molar-refractivity contribution in [1.29, 1.82) is 0 Å². The molecule has 0 bridgehead atoms. The number of rotatable bonds is 5. The Balaban J connectivity index is 1.99. The van der Waals surface area contributed by atoms with Crippen molar-refractivity contribution >= 4 is 0 Å². The quantitative estimate of drug-likeness (QED) is 0.869. The summed E-state index contributed by atoms with van der Waals surface area (Å²) >= 11 is 0. The summed E-state index contributed by atoms with van der Waals surface area (Å²) in [7, 11) is 0. The van der Waals surface area contributed by atoms with E-state index >= 15 is 0 Å². The summed E-state index contributed by atoms with van der Waals surface area (Å²) in [5, 5.41) is 10.2. The molecule has 1 saturated carbocycles. The molecule has 1 aromatic rings. The highest BCUT2D eigenvalue weighted by Gasteiger charge is 2.28. The van der Waals surface area contributed by atoms with Crippen molar-refractivity contribution in [1.82, 2.24) is 4.90 Å². The van der Waals surface area contributed by atoms with Crippen LogP contribution in [0.15, 0.2) is 24.3 Å². The summed E-state index contributed by atoms with van der Waals surface area (Å²) < 4.78 is 12.8. The van der Waals surface area contributed by atoms with Gasteiger partial charge in [-0.25, -0.2) is 4.39 Å². The molecule has 0 saturated heterocycles. The van der Waals surface area contributed by atoms with Crippen LogP contribution in [-0.2, 0) is 0 Å². The molecule has 18 heavy (non-hydrogen) atoms. The van der Waals surface area contributed by atoms with Gasteiger partial charge in [0.1, 0.15) is 5.82 Å². The van der Waals surface area contributed by atoms with Gasteiger partial charge in [0, 0.05) is 18.6 Å². The predicted octanol–water partition coefficient (Wildman–Crippen LogP) is 3.12. The number of nitrogens with zero attached hydrogens (tertiary/aromatic N) is 1. The minimum absolute atomic E-state index is 0.259. The number of aliphatic hydroxyl groups is 1. The third kappa shape index (κ3) is 3.09. The standard InChI is InChI=1S/C15H22FNO/c1-11(2)17(14-4-3-5-14)10-15(18)12-6-8-13(16)9-7-12/h6-9,11,14-15,18H,3-5,10H2,1-2H3. The molecule has 1 N–H and O–H groups in total. The van der Waals surface area contributed by atoms with Crippen molar-refractivity contribution in [2.45, 2.75) is 51.3 Å². The lowest BCUT2D eigenvalue weighted by atomic mass is 9.90. The first-order chi connectivity index (χ1) is 8.58. The number of aliphatic hydroxyl groups excluding tert-OH is 1. The van der Waals surface area contributed by atoms with Gasteiger partial charge in [-0.15, -0.1) is 0 Å². The van der Waals surface area contributed by atoms with Crippen LogP contribution >= 0.6 is 0 Å². The summed E-state index contributed by atoms with van der Waals surface area (Å²) in [6.45, 7) is 4.96. The van der Waals surface area contributed by atoms with Gasteiger partial charge in [0.05, 0.1) is 6.10 Å². The minimum Gasteiger partial charge on any atom is -0.387 e. The van der Waals surface area contributed by atoms with Crippen molar-refractivity contribution in [3.8, 4) is 0 Å². The third-order valence-electron chi connectivity index (χ3n) is 3.85. The maximum absolute atomic E-state index is 12.8. The Hall–Kier alpha value is -0.930. The van der Waals surface area contributed by atoms with E-state index in [9.17, 15) is 9.50 Å². The van der Waals surface area contributed by atoms with E-state index in [0.717, 1.165) is 5.56 Å². The van der Waals surface area contributed by atoms with Gasteiger partial charge in [-0.3, -0.25) is 4.90 Å². The third-order valence-corrected chi connectivity index (χ3v) is 3.85. The molecule has 0 heterocycles. The molecule has 100 valence electrons. The SMILES string of the molecule is CC(C)N(CC(O)c1ccc(F)cc1)C1CCC1. The van der Waals surface area contributed by atoms with Gasteiger partial charge >= 0.3 is 0 Å². The van der Waals surface area contributed by atoms with Crippen molar-refractivity contribution in [2.75, 3.05) is 6.54 Å². The smallest absolute Gasteiger partial charge is 0.123 e. The molecular formula is C15H22FNO. The average molecular weight is 251 g/mol. The first kappa shape index (κ1) is 13.5. The molecule has 3 heteroatoms. The lowest BCUT2D eigenvalue weighted by Crippen LogP contribution is -2.46. The second-order valence-electron chi connectivity index (χ2n) is 5.44. The van der Waals surface area contributed by atoms with E-state index < -0.39 is 6.10 Å². The first-order valence-corrected chi connectivity index (χ1v) is 6.77. The molecule has 1 aliphatic carbocycles. The summed E-state index contributed by atoms with van der Waals surface area (Å²) in [5.74, 6) is -0.259. The van der Waals surface area contributed by atoms with Gasteiger partial charge in [0.25, 0.3) is 0 Å². The van der Waals surface area contributed by atoms with E-state index in [4.69, 9.17) is 0 Å². The Kier molecular flexibility index (Phi) is 4.36. The van der Waals surface area contributed by atoms with Crippen LogP contribution in [0.1, 0.15) is 44.8 Å². The van der Waals surface area contributed by atoms with E-state index in [1.165, 1.54) is 31.4 Å². The maximum Gasteiger partial charge on any atom is 0.123 e. The highest BCUT2D eigenvalue weighted by Crippen LogP contribution is 2.28. The molecule has 1 aromatic carbocycles. The van der Waals surface area contributed by atoms with E-state index in [1.54, 1.807) is 12.1 Å². The number of hydrogen-bond donors (Lipinski definition) is 1. The van der Waals surface area contributed by atoms with Crippen LogP contribution in [0, 0.1) is 5.82 Å². The van der Waals surface area contributed by atoms with Crippen molar-refractivity contribution in [3.05, 3.63) is 35.6 Å². The second-order valence-corrected chi connectivity index (χ2v) is 5.44. The number of benzene rings is 1. The van der Waals surface area contributed by atoms with Crippen LogP contribution in [0.2, 0.25) is 0 Å². The number of halogens is 1. The highest BCUT2D eigenvalue weighted by atomic mass is 19.1. The van der Waals surface area contributed by atoms with E-state index in [0.29, 0.717) is 18.6 Å². The Bertz CT molecular complexity index is 373. The lowest BCUT2D eigenvalue weighted by Gasteiger charge is -2.41. The summed E-state index contributed by atoms with van der Waals surface area (Å²) in [5.41, 5.74) is 0.793. The molecule has 1 unspecified atom stereocenters. The number of hydrogen-bond acceptors (Lipinski definition) is 2. The van der Waals surface area contributed by atoms with Crippen molar-refractivity contribution < 1.29 is 9.50 Å². The van der Waals surface area contributed by atoms with Crippen molar-refractivity contribution in [3.63, 3.8) is 0 Å². The Morgan fingerprint density at radius 1 is 1.28 bits per heavy atom. The van der Waals surface area contributed by atoms with Gasteiger partial charge < -0.3 is 5.11 Å². The zero-order valence-electron chi connectivity index (χ0n) is 11.1. The fraction of sp³-hybridized carbons (Fsp3) is 0.600. The van der Waals surface area contributed by atoms with E-state index in [-0.39, 0.29) is 5.82 Å². The van der Waals surface area contributed by atoms with Crippen LogP contribution in [-0.4, -0.2) is 28.6 Å². The molecule has 1 fully saturated rings. The molecule has 0 spiro atoms. The van der Waals surface area contributed by atoms with Gasteiger partial charge in [-0.05, 0) is 44.4 Å². The Morgan fingerprint density at radius 2 is 1.89 bits per heavy atom. The van der Waals surface area contributed by atoms with Gasteiger partial charge in [0.15, 0.2) is 0 Å². The second kappa shape index (κ2) is 5.81. The Labute approximate surface area is 108 Å². The molecular weight excluding hydrogens is 229 g/mol. The van der Waals surface area contributed by atoms with Crippen LogP contribution in [0.25, 0.3) is 0 Å². The zero-order valence-corrected chi connectivity index (χ0v) is 11.1. The summed E-state index contributed by atoms with van der Waals surface area (Å²) in [4.78, 5) is 2.36. The summed E-state index contributed by atoms with van der Waals surface area (Å²) in [6, 6.07) is 7.19. The first-order valence-electron chi connectivity index (χ1n) is 6.77. The average Bonchev–Trinajstić information content (AvgIpc) is 2.26. The van der Waals surface area contributed by atoms with Gasteiger partial charge in [-0.2, -0.15) is 0 Å². The Morgan fingerprint density at radius 3 is 2.33 bits per heavy atom. The molecule has 0 aliphatic heterocycles. The van der Waals surface area contributed by atoms with Crippen LogP contribution in [0.3, 0.4) is 0 Å². The molecule has 1 aliphatic rings. The topological polar surface area (TPSA) is 23.5 Å². The fourth-order valence-electron chi connectivity index (χ4n) is 2.49. The largest absolute Gasteiger partial charge is 0.387 e.